The van der Waals surface area contributed by atoms with Crippen molar-refractivity contribution in [3.8, 4) is 5.69 Å². The Kier molecular flexibility index (Phi) is 5.58. The van der Waals surface area contributed by atoms with Crippen LogP contribution in [0.5, 0.6) is 0 Å². The maximum absolute atomic E-state index is 13.7. The molecule has 1 aliphatic carbocycles. The standard InChI is InChI=1S/C28H24N6O/c35-28(26-14-11-21-5-1-2-6-23(21)30-26)34(18-27-31-24-7-3-4-8-25(24)32-27)17-20-9-12-22(13-10-20)33-16-15-29-19-33/h3-4,7-16,19H,1-2,5,17-18H2,(H,31,32). The molecule has 0 spiro atoms. The molecule has 3 heterocycles. The molecular formula is C28H24N6O. The number of benzene rings is 2. The molecule has 5 aromatic rings. The van der Waals surface area contributed by atoms with Crippen LogP contribution in [0.3, 0.4) is 0 Å². The number of aromatic amines is 1. The minimum Gasteiger partial charge on any atom is -0.340 e. The van der Waals surface area contributed by atoms with Crippen LogP contribution in [0.15, 0.2) is 79.4 Å². The summed E-state index contributed by atoms with van der Waals surface area (Å²) in [7, 11) is 0. The molecule has 1 N–H and O–H groups in total. The molecule has 3 aromatic heterocycles. The van der Waals surface area contributed by atoms with Gasteiger partial charge < -0.3 is 14.5 Å². The lowest BCUT2D eigenvalue weighted by Crippen LogP contribution is -2.31. The van der Waals surface area contributed by atoms with Crippen molar-refractivity contribution in [1.82, 2.24) is 29.4 Å². The Morgan fingerprint density at radius 2 is 1.91 bits per heavy atom. The summed E-state index contributed by atoms with van der Waals surface area (Å²) in [4.78, 5) is 32.3. The third-order valence-corrected chi connectivity index (χ3v) is 6.29. The van der Waals surface area contributed by atoms with Gasteiger partial charge in [-0.25, -0.2) is 15.0 Å². The first-order chi connectivity index (χ1) is 17.2. The highest BCUT2D eigenvalue weighted by Crippen LogP contribution is 2.23. The lowest BCUT2D eigenvalue weighted by Gasteiger charge is -2.23. The van der Waals surface area contributed by atoms with Gasteiger partial charge in [0.25, 0.3) is 5.91 Å². The lowest BCUT2D eigenvalue weighted by atomic mass is 9.96. The second-order valence-corrected chi connectivity index (χ2v) is 8.73. The quantitative estimate of drug-likeness (QED) is 0.397. The van der Waals surface area contributed by atoms with E-state index >= 15 is 0 Å². The molecule has 0 saturated heterocycles. The Balaban J connectivity index is 1.30. The summed E-state index contributed by atoms with van der Waals surface area (Å²) in [6.07, 6.45) is 11.7. The molecule has 0 unspecified atom stereocenters. The van der Waals surface area contributed by atoms with Crippen molar-refractivity contribution >= 4 is 16.9 Å². The predicted molar refractivity (Wildman–Crippen MR) is 133 cm³/mol. The van der Waals surface area contributed by atoms with Crippen molar-refractivity contribution in [3.63, 3.8) is 0 Å². The van der Waals surface area contributed by atoms with Crippen molar-refractivity contribution in [3.05, 3.63) is 114 Å². The molecule has 0 atom stereocenters. The molecule has 7 nitrogen and oxygen atoms in total. The molecule has 2 radical (unpaired) electrons. The summed E-state index contributed by atoms with van der Waals surface area (Å²) in [5.74, 6) is 0.616. The zero-order valence-corrected chi connectivity index (χ0v) is 19.2. The number of imidazole rings is 2. The van der Waals surface area contributed by atoms with Crippen LogP contribution in [0.1, 0.15) is 46.0 Å². The molecule has 35 heavy (non-hydrogen) atoms. The molecule has 1 aliphatic rings. The van der Waals surface area contributed by atoms with E-state index in [0.29, 0.717) is 18.8 Å². The van der Waals surface area contributed by atoms with Crippen molar-refractivity contribution in [1.29, 1.82) is 0 Å². The van der Waals surface area contributed by atoms with Gasteiger partial charge in [-0.1, -0.05) is 30.3 Å². The smallest absolute Gasteiger partial charge is 0.273 e. The van der Waals surface area contributed by atoms with E-state index in [1.54, 1.807) is 17.4 Å². The van der Waals surface area contributed by atoms with Crippen LogP contribution in [-0.2, 0) is 19.5 Å². The van der Waals surface area contributed by atoms with Crippen molar-refractivity contribution in [2.45, 2.75) is 32.4 Å². The molecule has 7 heteroatoms. The number of H-pyrrole nitrogens is 1. The molecule has 1 amide bonds. The average Bonchev–Trinajstić information content (AvgIpc) is 3.58. The Morgan fingerprint density at radius 1 is 1.03 bits per heavy atom. The number of rotatable bonds is 6. The number of pyridine rings is 1. The van der Waals surface area contributed by atoms with Gasteiger partial charge in [-0.15, -0.1) is 0 Å². The third-order valence-electron chi connectivity index (χ3n) is 6.29. The van der Waals surface area contributed by atoms with Gasteiger partial charge in [0.1, 0.15) is 11.5 Å². The fourth-order valence-corrected chi connectivity index (χ4v) is 4.48. The van der Waals surface area contributed by atoms with Crippen LogP contribution < -0.4 is 0 Å². The van der Waals surface area contributed by atoms with Gasteiger partial charge in [0.05, 0.1) is 29.6 Å². The number of nitrogens with zero attached hydrogens (tertiary/aromatic N) is 5. The predicted octanol–water partition coefficient (Wildman–Crippen LogP) is 4.75. The lowest BCUT2D eigenvalue weighted by molar-refractivity contribution is 0.0719. The second kappa shape index (κ2) is 9.18. The van der Waals surface area contributed by atoms with E-state index in [1.165, 1.54) is 0 Å². The van der Waals surface area contributed by atoms with Gasteiger partial charge in [-0.05, 0) is 60.7 Å². The van der Waals surface area contributed by atoms with Crippen molar-refractivity contribution in [2.75, 3.05) is 0 Å². The zero-order valence-electron chi connectivity index (χ0n) is 19.2. The largest absolute Gasteiger partial charge is 0.340 e. The van der Waals surface area contributed by atoms with Gasteiger partial charge in [0.2, 0.25) is 0 Å². The molecular weight excluding hydrogens is 436 g/mol. The van der Waals surface area contributed by atoms with Crippen LogP contribution in [0, 0.1) is 6.42 Å². The molecule has 0 aliphatic heterocycles. The van der Waals surface area contributed by atoms with E-state index in [-0.39, 0.29) is 5.91 Å². The highest BCUT2D eigenvalue weighted by molar-refractivity contribution is 5.92. The Morgan fingerprint density at radius 3 is 2.74 bits per heavy atom. The number of amides is 1. The summed E-state index contributed by atoms with van der Waals surface area (Å²) >= 11 is 0. The maximum atomic E-state index is 13.7. The van der Waals surface area contributed by atoms with E-state index in [2.05, 4.69) is 21.4 Å². The van der Waals surface area contributed by atoms with Crippen LogP contribution in [0.4, 0.5) is 0 Å². The van der Waals surface area contributed by atoms with Gasteiger partial charge in [-0.2, -0.15) is 0 Å². The van der Waals surface area contributed by atoms with E-state index < -0.39 is 0 Å². The summed E-state index contributed by atoms with van der Waals surface area (Å²) < 4.78 is 1.95. The Labute approximate surface area is 203 Å². The number of aromatic nitrogens is 5. The molecule has 0 fully saturated rings. The average molecular weight is 461 g/mol. The summed E-state index contributed by atoms with van der Waals surface area (Å²) in [5, 5.41) is 0. The highest BCUT2D eigenvalue weighted by Gasteiger charge is 2.22. The number of hydrogen-bond donors (Lipinski definition) is 1. The number of carbonyl (C=O) groups is 1. The van der Waals surface area contributed by atoms with E-state index in [4.69, 9.17) is 4.98 Å². The van der Waals surface area contributed by atoms with Crippen molar-refractivity contribution < 1.29 is 4.79 Å². The van der Waals surface area contributed by atoms with E-state index in [9.17, 15) is 4.79 Å². The number of aryl methyl sites for hydroxylation is 1. The highest BCUT2D eigenvalue weighted by atomic mass is 16.2. The van der Waals surface area contributed by atoms with Gasteiger partial charge >= 0.3 is 0 Å². The maximum Gasteiger partial charge on any atom is 0.273 e. The summed E-state index contributed by atoms with van der Waals surface area (Å²) in [6, 6.07) is 19.9. The Bertz CT molecular complexity index is 1440. The molecule has 0 saturated carbocycles. The minimum absolute atomic E-state index is 0.126. The fourth-order valence-electron chi connectivity index (χ4n) is 4.48. The summed E-state index contributed by atoms with van der Waals surface area (Å²) in [6.45, 7) is 0.787. The van der Waals surface area contributed by atoms with E-state index in [0.717, 1.165) is 58.6 Å². The van der Waals surface area contributed by atoms with Crippen LogP contribution in [-0.4, -0.2) is 35.3 Å². The first-order valence-corrected chi connectivity index (χ1v) is 11.8. The van der Waals surface area contributed by atoms with Gasteiger partial charge in [0, 0.05) is 31.0 Å². The van der Waals surface area contributed by atoms with Gasteiger partial charge in [0.15, 0.2) is 0 Å². The molecule has 6 rings (SSSR count). The second-order valence-electron chi connectivity index (χ2n) is 8.73. The van der Waals surface area contributed by atoms with Crippen LogP contribution in [0.25, 0.3) is 16.7 Å². The molecule has 0 bridgehead atoms. The first-order valence-electron chi connectivity index (χ1n) is 11.8. The fraction of sp³-hybridized carbons (Fsp3) is 0.179. The summed E-state index contributed by atoms with van der Waals surface area (Å²) in [5.41, 5.74) is 6.29. The number of hydrogen-bond acceptors (Lipinski definition) is 4. The SMILES string of the molecule is O=C(c1ccc2c(n1)[C]CCC2)N(Cc1ccc(-n2ccnc2)cc1)Cc1nc2ccccc2[nH]1. The monoisotopic (exact) mass is 460 g/mol. The normalized spacial score (nSPS) is 13.0. The zero-order chi connectivity index (χ0) is 23.6. The first kappa shape index (κ1) is 21.3. The number of nitrogens with one attached hydrogen (secondary N) is 1. The number of para-hydroxylation sites is 2. The van der Waals surface area contributed by atoms with E-state index in [1.807, 2.05) is 71.4 Å². The van der Waals surface area contributed by atoms with Crippen LogP contribution in [0.2, 0.25) is 0 Å². The van der Waals surface area contributed by atoms with Crippen molar-refractivity contribution in [2.24, 2.45) is 0 Å². The third kappa shape index (κ3) is 4.45. The molecule has 172 valence electrons. The van der Waals surface area contributed by atoms with Crippen LogP contribution >= 0.6 is 0 Å². The molecule has 2 aromatic carbocycles. The minimum atomic E-state index is -0.126. The Hall–Kier alpha value is -4.26. The number of carbonyl (C=O) groups excluding carboxylic acids is 1. The van der Waals surface area contributed by atoms with Gasteiger partial charge in [-0.3, -0.25) is 4.79 Å². The number of fused-ring (bicyclic) bond motifs is 2. The topological polar surface area (TPSA) is 79.7 Å².